The van der Waals surface area contributed by atoms with Crippen LogP contribution >= 0.6 is 0 Å². The van der Waals surface area contributed by atoms with E-state index in [1.54, 1.807) is 28.0 Å². The number of carbonyl (C=O) groups excluding carboxylic acids is 2. The van der Waals surface area contributed by atoms with E-state index in [1.165, 1.54) is 6.07 Å². The molecule has 1 saturated heterocycles. The maximum atomic E-state index is 12.6. The smallest absolute Gasteiger partial charge is 0.257 e. The number of benzene rings is 2. The molecule has 2 amide bonds. The van der Waals surface area contributed by atoms with Crippen LogP contribution in [0.2, 0.25) is 0 Å². The van der Waals surface area contributed by atoms with Gasteiger partial charge in [0.05, 0.1) is 5.56 Å². The zero-order chi connectivity index (χ0) is 17.1. The Morgan fingerprint density at radius 2 is 1.25 bits per heavy atom. The molecule has 0 aliphatic carbocycles. The van der Waals surface area contributed by atoms with Gasteiger partial charge in [-0.1, -0.05) is 30.3 Å². The standard InChI is InChI=1S/C19H20N2O3/c1-14-6-2-3-7-15(14)18(23)20-10-12-21(13-11-20)19(24)16-8-4-5-9-17(16)22/h2-9,22H,10-13H2,1H3. The van der Waals surface area contributed by atoms with E-state index in [-0.39, 0.29) is 17.6 Å². The van der Waals surface area contributed by atoms with Gasteiger partial charge in [0.1, 0.15) is 5.75 Å². The Balaban J connectivity index is 1.66. The fourth-order valence-corrected chi connectivity index (χ4v) is 2.92. The van der Waals surface area contributed by atoms with E-state index in [2.05, 4.69) is 0 Å². The largest absolute Gasteiger partial charge is 0.507 e. The van der Waals surface area contributed by atoms with E-state index in [1.807, 2.05) is 31.2 Å². The third-order valence-electron chi connectivity index (χ3n) is 4.36. The average molecular weight is 324 g/mol. The quantitative estimate of drug-likeness (QED) is 0.922. The number of nitrogens with zero attached hydrogens (tertiary/aromatic N) is 2. The van der Waals surface area contributed by atoms with Gasteiger partial charge in [-0.2, -0.15) is 0 Å². The summed E-state index contributed by atoms with van der Waals surface area (Å²) in [6, 6.07) is 14.1. The van der Waals surface area contributed by atoms with Gasteiger partial charge < -0.3 is 14.9 Å². The van der Waals surface area contributed by atoms with E-state index in [0.29, 0.717) is 37.3 Å². The van der Waals surface area contributed by atoms with Crippen LogP contribution in [0.1, 0.15) is 26.3 Å². The van der Waals surface area contributed by atoms with Crippen LogP contribution in [-0.2, 0) is 0 Å². The van der Waals surface area contributed by atoms with Gasteiger partial charge in [-0.15, -0.1) is 0 Å². The van der Waals surface area contributed by atoms with Crippen LogP contribution in [0.15, 0.2) is 48.5 Å². The topological polar surface area (TPSA) is 60.9 Å². The lowest BCUT2D eigenvalue weighted by Crippen LogP contribution is -2.50. The second kappa shape index (κ2) is 6.74. The van der Waals surface area contributed by atoms with Crippen LogP contribution in [0.5, 0.6) is 5.75 Å². The van der Waals surface area contributed by atoms with Gasteiger partial charge in [-0.25, -0.2) is 0 Å². The molecule has 0 spiro atoms. The molecule has 1 N–H and O–H groups in total. The third kappa shape index (κ3) is 3.11. The summed E-state index contributed by atoms with van der Waals surface area (Å²) in [7, 11) is 0. The van der Waals surface area contributed by atoms with Crippen LogP contribution < -0.4 is 0 Å². The zero-order valence-corrected chi connectivity index (χ0v) is 13.6. The first-order chi connectivity index (χ1) is 11.6. The van der Waals surface area contributed by atoms with Crippen molar-refractivity contribution in [3.8, 4) is 5.75 Å². The molecule has 0 radical (unpaired) electrons. The van der Waals surface area contributed by atoms with Crippen LogP contribution in [0, 0.1) is 6.92 Å². The molecule has 0 unspecified atom stereocenters. The SMILES string of the molecule is Cc1ccccc1C(=O)N1CCN(C(=O)c2ccccc2O)CC1. The van der Waals surface area contributed by atoms with Crippen molar-refractivity contribution in [3.63, 3.8) is 0 Å². The number of phenolic OH excluding ortho intramolecular Hbond substituents is 1. The molecule has 5 heteroatoms. The monoisotopic (exact) mass is 324 g/mol. The second-order valence-electron chi connectivity index (χ2n) is 5.92. The molecule has 1 heterocycles. The number of hydrogen-bond donors (Lipinski definition) is 1. The van der Waals surface area contributed by atoms with Crippen molar-refractivity contribution < 1.29 is 14.7 Å². The summed E-state index contributed by atoms with van der Waals surface area (Å²) in [4.78, 5) is 28.5. The summed E-state index contributed by atoms with van der Waals surface area (Å²) in [5.41, 5.74) is 1.96. The average Bonchev–Trinajstić information content (AvgIpc) is 2.61. The Labute approximate surface area is 141 Å². The zero-order valence-electron chi connectivity index (χ0n) is 13.6. The lowest BCUT2D eigenvalue weighted by Gasteiger charge is -2.35. The molecule has 0 saturated carbocycles. The van der Waals surface area contributed by atoms with Crippen LogP contribution in [-0.4, -0.2) is 52.9 Å². The third-order valence-corrected chi connectivity index (χ3v) is 4.36. The highest BCUT2D eigenvalue weighted by molar-refractivity contribution is 5.98. The Hall–Kier alpha value is -2.82. The van der Waals surface area contributed by atoms with E-state index >= 15 is 0 Å². The maximum absolute atomic E-state index is 12.6. The number of phenols is 1. The Morgan fingerprint density at radius 1 is 0.792 bits per heavy atom. The molecule has 0 aromatic heterocycles. The van der Waals surface area contributed by atoms with Crippen molar-refractivity contribution in [2.45, 2.75) is 6.92 Å². The number of aryl methyl sites for hydroxylation is 1. The number of para-hydroxylation sites is 1. The number of amides is 2. The van der Waals surface area contributed by atoms with Gasteiger partial charge in [-0.3, -0.25) is 9.59 Å². The second-order valence-corrected chi connectivity index (χ2v) is 5.92. The lowest BCUT2D eigenvalue weighted by atomic mass is 10.1. The first-order valence-corrected chi connectivity index (χ1v) is 8.00. The summed E-state index contributed by atoms with van der Waals surface area (Å²) in [6.45, 7) is 3.83. The van der Waals surface area contributed by atoms with Crippen molar-refractivity contribution in [2.24, 2.45) is 0 Å². The van der Waals surface area contributed by atoms with Crippen molar-refractivity contribution in [2.75, 3.05) is 26.2 Å². The molecule has 0 bridgehead atoms. The van der Waals surface area contributed by atoms with E-state index in [9.17, 15) is 14.7 Å². The van der Waals surface area contributed by atoms with Gasteiger partial charge in [0.2, 0.25) is 0 Å². The summed E-state index contributed by atoms with van der Waals surface area (Å²) in [5, 5.41) is 9.82. The first-order valence-electron chi connectivity index (χ1n) is 8.00. The van der Waals surface area contributed by atoms with Gasteiger partial charge in [0.15, 0.2) is 0 Å². The number of hydrogen-bond acceptors (Lipinski definition) is 3. The fourth-order valence-electron chi connectivity index (χ4n) is 2.92. The molecule has 1 fully saturated rings. The van der Waals surface area contributed by atoms with Crippen molar-refractivity contribution in [3.05, 3.63) is 65.2 Å². The predicted octanol–water partition coefficient (Wildman–Crippen LogP) is 2.30. The van der Waals surface area contributed by atoms with E-state index in [0.717, 1.165) is 5.56 Å². The van der Waals surface area contributed by atoms with Gasteiger partial charge >= 0.3 is 0 Å². The van der Waals surface area contributed by atoms with E-state index < -0.39 is 0 Å². The summed E-state index contributed by atoms with van der Waals surface area (Å²) in [5.74, 6) is -0.209. The molecular weight excluding hydrogens is 304 g/mol. The lowest BCUT2D eigenvalue weighted by molar-refractivity contribution is 0.0533. The minimum absolute atomic E-state index is 0.00255. The highest BCUT2D eigenvalue weighted by atomic mass is 16.3. The Morgan fingerprint density at radius 3 is 1.79 bits per heavy atom. The van der Waals surface area contributed by atoms with Crippen molar-refractivity contribution in [1.82, 2.24) is 9.80 Å². The molecule has 1 aliphatic heterocycles. The van der Waals surface area contributed by atoms with Crippen LogP contribution in [0.25, 0.3) is 0 Å². The number of aromatic hydroxyl groups is 1. The van der Waals surface area contributed by atoms with Gasteiger partial charge in [0, 0.05) is 31.7 Å². The minimum Gasteiger partial charge on any atom is -0.507 e. The van der Waals surface area contributed by atoms with Crippen LogP contribution in [0.4, 0.5) is 0 Å². The normalized spacial score (nSPS) is 14.5. The number of rotatable bonds is 2. The summed E-state index contributed by atoms with van der Waals surface area (Å²) in [6.07, 6.45) is 0. The molecule has 0 atom stereocenters. The highest BCUT2D eigenvalue weighted by Crippen LogP contribution is 2.19. The van der Waals surface area contributed by atoms with Crippen molar-refractivity contribution >= 4 is 11.8 Å². The molecule has 1 aliphatic rings. The predicted molar refractivity (Wildman–Crippen MR) is 91.1 cm³/mol. The van der Waals surface area contributed by atoms with Crippen LogP contribution in [0.3, 0.4) is 0 Å². The molecule has 5 nitrogen and oxygen atoms in total. The number of piperazine rings is 1. The van der Waals surface area contributed by atoms with E-state index in [4.69, 9.17) is 0 Å². The highest BCUT2D eigenvalue weighted by Gasteiger charge is 2.26. The summed E-state index contributed by atoms with van der Waals surface area (Å²) >= 11 is 0. The van der Waals surface area contributed by atoms with Gasteiger partial charge in [0.25, 0.3) is 11.8 Å². The van der Waals surface area contributed by atoms with Gasteiger partial charge in [-0.05, 0) is 30.7 Å². The first kappa shape index (κ1) is 16.1. The molecule has 3 rings (SSSR count). The Bertz CT molecular complexity index is 699. The minimum atomic E-state index is -0.198. The summed E-state index contributed by atoms with van der Waals surface area (Å²) < 4.78 is 0. The molecule has 2 aromatic rings. The fraction of sp³-hybridized carbons (Fsp3) is 0.263. The Kier molecular flexibility index (Phi) is 4.51. The molecule has 24 heavy (non-hydrogen) atoms. The molecule has 124 valence electrons. The molecular formula is C19H20N2O3. The maximum Gasteiger partial charge on any atom is 0.257 e. The van der Waals surface area contributed by atoms with Crippen molar-refractivity contribution in [1.29, 1.82) is 0 Å². The number of carbonyl (C=O) groups is 2. The molecule has 2 aromatic carbocycles.